The van der Waals surface area contributed by atoms with Gasteiger partial charge in [0.15, 0.2) is 0 Å². The predicted octanol–water partition coefficient (Wildman–Crippen LogP) is 7.29. The van der Waals surface area contributed by atoms with E-state index in [-0.39, 0.29) is 0 Å². The maximum atomic E-state index is 4.77. The van der Waals surface area contributed by atoms with Gasteiger partial charge in [-0.15, -0.1) is 0 Å². The lowest BCUT2D eigenvalue weighted by Crippen LogP contribution is -2.04. The predicted molar refractivity (Wildman–Crippen MR) is 141 cm³/mol. The summed E-state index contributed by atoms with van der Waals surface area (Å²) >= 11 is 0. The molecule has 0 spiro atoms. The number of hydrogen-bond acceptors (Lipinski definition) is 4. The molecule has 0 saturated carbocycles. The first-order valence-electron chi connectivity index (χ1n) is 11.9. The second-order valence-corrected chi connectivity index (χ2v) is 9.72. The molecule has 0 fully saturated rings. The van der Waals surface area contributed by atoms with E-state index >= 15 is 0 Å². The van der Waals surface area contributed by atoms with Gasteiger partial charge in [-0.1, -0.05) is 52.0 Å². The molecule has 1 aliphatic rings. The lowest BCUT2D eigenvalue weighted by Gasteiger charge is -2.12. The monoisotopic (exact) mass is 445 g/mol. The van der Waals surface area contributed by atoms with Crippen LogP contribution in [0.2, 0.25) is 0 Å². The third-order valence-electron chi connectivity index (χ3n) is 6.79. The van der Waals surface area contributed by atoms with Crippen molar-refractivity contribution in [2.24, 2.45) is 10.9 Å². The number of aliphatic imine (C=N–C) groups is 1. The van der Waals surface area contributed by atoms with Crippen molar-refractivity contribution in [2.75, 3.05) is 0 Å². The van der Waals surface area contributed by atoms with Gasteiger partial charge in [-0.25, -0.2) is 4.98 Å². The van der Waals surface area contributed by atoms with Gasteiger partial charge in [-0.3, -0.25) is 15.0 Å². The summed E-state index contributed by atoms with van der Waals surface area (Å²) < 4.78 is 0. The Morgan fingerprint density at radius 3 is 1.97 bits per heavy atom. The van der Waals surface area contributed by atoms with E-state index in [0.717, 1.165) is 45.3 Å². The summed E-state index contributed by atoms with van der Waals surface area (Å²) in [6, 6.07) is 13.3. The molecule has 34 heavy (non-hydrogen) atoms. The summed E-state index contributed by atoms with van der Waals surface area (Å²) in [7, 11) is 0. The molecule has 5 nitrogen and oxygen atoms in total. The van der Waals surface area contributed by atoms with Crippen molar-refractivity contribution in [2.45, 2.75) is 40.0 Å². The number of aromatic nitrogens is 4. The van der Waals surface area contributed by atoms with Gasteiger partial charge >= 0.3 is 0 Å². The Kier molecular flexibility index (Phi) is 4.80. The number of nitrogens with zero attached hydrogens (tertiary/aromatic N) is 4. The third kappa shape index (κ3) is 3.31. The first kappa shape index (κ1) is 20.7. The van der Waals surface area contributed by atoms with Gasteiger partial charge in [0.2, 0.25) is 0 Å². The van der Waals surface area contributed by atoms with Crippen molar-refractivity contribution in [1.29, 1.82) is 0 Å². The highest BCUT2D eigenvalue weighted by Gasteiger charge is 2.17. The third-order valence-corrected chi connectivity index (χ3v) is 6.79. The number of fused-ring (bicyclic) bond motifs is 6. The van der Waals surface area contributed by atoms with E-state index in [2.05, 4.69) is 79.1 Å². The van der Waals surface area contributed by atoms with E-state index < -0.39 is 0 Å². The molecule has 0 amide bonds. The second-order valence-electron chi connectivity index (χ2n) is 9.72. The summed E-state index contributed by atoms with van der Waals surface area (Å²) in [5.41, 5.74) is 7.68. The molecular weight excluding hydrogens is 418 g/mol. The number of imidazole rings is 1. The number of allylic oxidation sites excluding steroid dienone is 1. The van der Waals surface area contributed by atoms with Crippen LogP contribution >= 0.6 is 0 Å². The summed E-state index contributed by atoms with van der Waals surface area (Å²) in [6.45, 7) is 8.69. The lowest BCUT2D eigenvalue weighted by molar-refractivity contribution is 0.795. The molecule has 6 rings (SSSR count). The van der Waals surface area contributed by atoms with Crippen molar-refractivity contribution >= 4 is 43.9 Å². The fourth-order valence-corrected chi connectivity index (χ4v) is 4.80. The molecule has 5 heteroatoms. The Morgan fingerprint density at radius 1 is 0.735 bits per heavy atom. The molecule has 3 aromatic carbocycles. The van der Waals surface area contributed by atoms with Gasteiger partial charge in [-0.05, 0) is 40.0 Å². The second kappa shape index (κ2) is 7.87. The van der Waals surface area contributed by atoms with Crippen LogP contribution < -0.4 is 0 Å². The molecule has 3 heterocycles. The first-order valence-corrected chi connectivity index (χ1v) is 11.9. The Balaban J connectivity index is 1.53. The van der Waals surface area contributed by atoms with Crippen LogP contribution in [0.5, 0.6) is 0 Å². The van der Waals surface area contributed by atoms with Crippen molar-refractivity contribution in [3.8, 4) is 11.3 Å². The summed E-state index contributed by atoms with van der Waals surface area (Å²) in [4.78, 5) is 22.2. The fraction of sp³-hybridized carbons (Fsp3) is 0.241. The van der Waals surface area contributed by atoms with Crippen molar-refractivity contribution in [3.63, 3.8) is 0 Å². The van der Waals surface area contributed by atoms with Gasteiger partial charge in [0.05, 0.1) is 22.9 Å². The maximum absolute atomic E-state index is 4.77. The molecule has 168 valence electrons. The molecule has 0 bridgehead atoms. The van der Waals surface area contributed by atoms with E-state index in [1.165, 1.54) is 27.6 Å². The molecule has 0 radical (unpaired) electrons. The standard InChI is InChI=1S/C29H27N5/c1-16(2)25-13-20(14-32-25)18-5-7-21-22-8-6-19(26-15-33-29(34-26)17(3)4)12-24(22)28-27(23(21)11-18)30-9-10-31-28/h5-12,14-17H,13H2,1-4H3,(H,33,34). The van der Waals surface area contributed by atoms with Crippen LogP contribution in [0.4, 0.5) is 0 Å². The SMILES string of the molecule is CC(C)C1=NC=C(c2ccc3c4ccc(-c5cnc(C(C)C)[nH]5)cc4c4nccnc4c3c2)C1. The van der Waals surface area contributed by atoms with Crippen LogP contribution in [-0.2, 0) is 0 Å². The smallest absolute Gasteiger partial charge is 0.109 e. The van der Waals surface area contributed by atoms with Crippen LogP contribution in [0.25, 0.3) is 49.4 Å². The lowest BCUT2D eigenvalue weighted by atomic mass is 9.93. The van der Waals surface area contributed by atoms with Crippen molar-refractivity contribution in [1.82, 2.24) is 19.9 Å². The zero-order valence-corrected chi connectivity index (χ0v) is 19.9. The van der Waals surface area contributed by atoms with Crippen LogP contribution in [0.3, 0.4) is 0 Å². The number of nitrogens with one attached hydrogen (secondary N) is 1. The van der Waals surface area contributed by atoms with E-state index in [4.69, 9.17) is 9.97 Å². The summed E-state index contributed by atoms with van der Waals surface area (Å²) in [6.07, 6.45) is 8.41. The summed E-state index contributed by atoms with van der Waals surface area (Å²) in [5.74, 6) is 1.82. The van der Waals surface area contributed by atoms with Crippen molar-refractivity contribution in [3.05, 3.63) is 72.6 Å². The topological polar surface area (TPSA) is 66.8 Å². The Morgan fingerprint density at radius 2 is 1.38 bits per heavy atom. The average Bonchev–Trinajstić information content (AvgIpc) is 3.54. The zero-order valence-electron chi connectivity index (χ0n) is 19.9. The average molecular weight is 446 g/mol. The molecule has 1 aliphatic heterocycles. The molecule has 0 saturated heterocycles. The van der Waals surface area contributed by atoms with Crippen LogP contribution in [-0.4, -0.2) is 25.6 Å². The largest absolute Gasteiger partial charge is 0.342 e. The normalized spacial score (nSPS) is 14.1. The van der Waals surface area contributed by atoms with Gasteiger partial charge in [0, 0.05) is 53.0 Å². The summed E-state index contributed by atoms with van der Waals surface area (Å²) in [5, 5.41) is 4.60. The molecule has 2 aromatic heterocycles. The molecular formula is C29H27N5. The molecule has 0 atom stereocenters. The van der Waals surface area contributed by atoms with Crippen LogP contribution in [0.15, 0.2) is 66.2 Å². The zero-order chi connectivity index (χ0) is 23.4. The van der Waals surface area contributed by atoms with Crippen LogP contribution in [0, 0.1) is 5.92 Å². The van der Waals surface area contributed by atoms with E-state index in [9.17, 15) is 0 Å². The fourth-order valence-electron chi connectivity index (χ4n) is 4.80. The van der Waals surface area contributed by atoms with Crippen molar-refractivity contribution < 1.29 is 0 Å². The van der Waals surface area contributed by atoms with E-state index in [1.54, 1.807) is 12.4 Å². The van der Waals surface area contributed by atoms with Gasteiger partial charge < -0.3 is 4.98 Å². The Labute approximate surface area is 198 Å². The van der Waals surface area contributed by atoms with Gasteiger partial charge in [-0.2, -0.15) is 0 Å². The quantitative estimate of drug-likeness (QED) is 0.295. The van der Waals surface area contributed by atoms with Gasteiger partial charge in [0.25, 0.3) is 0 Å². The first-order chi connectivity index (χ1) is 16.5. The number of hydrogen-bond donors (Lipinski definition) is 1. The van der Waals surface area contributed by atoms with E-state index in [1.807, 2.05) is 12.4 Å². The van der Waals surface area contributed by atoms with E-state index in [0.29, 0.717) is 11.8 Å². The minimum atomic E-state index is 0.357. The van der Waals surface area contributed by atoms with Gasteiger partial charge in [0.1, 0.15) is 5.82 Å². The Bertz CT molecular complexity index is 1620. The number of H-pyrrole nitrogens is 1. The Hall–Kier alpha value is -3.86. The molecule has 5 aromatic rings. The number of rotatable bonds is 4. The minimum absolute atomic E-state index is 0.357. The molecule has 0 unspecified atom stereocenters. The molecule has 1 N–H and O–H groups in total. The minimum Gasteiger partial charge on any atom is -0.342 e. The number of benzene rings is 3. The van der Waals surface area contributed by atoms with Crippen LogP contribution in [0.1, 0.15) is 51.4 Å². The highest BCUT2D eigenvalue weighted by Crippen LogP contribution is 2.37. The maximum Gasteiger partial charge on any atom is 0.109 e. The highest BCUT2D eigenvalue weighted by molar-refractivity contribution is 6.23. The number of aromatic amines is 1. The molecule has 0 aliphatic carbocycles. The highest BCUT2D eigenvalue weighted by atomic mass is 14.9.